The predicted molar refractivity (Wildman–Crippen MR) is 118 cm³/mol. The van der Waals surface area contributed by atoms with Crippen LogP contribution < -0.4 is 14.8 Å². The Bertz CT molecular complexity index is 1390. The van der Waals surface area contributed by atoms with E-state index < -0.39 is 21.7 Å². The van der Waals surface area contributed by atoms with Crippen LogP contribution in [0.4, 0.5) is 16.1 Å². The SMILES string of the molecule is COc1cccc(-c2nnc(NC(=O)c3ccc(NS(=O)(=O)c4ccc(F)cc4)cc3)o2)c1. The Morgan fingerprint density at radius 2 is 1.73 bits per heavy atom. The molecule has 0 bridgehead atoms. The quantitative estimate of drug-likeness (QED) is 0.421. The van der Waals surface area contributed by atoms with Crippen LogP contribution in [0.2, 0.25) is 0 Å². The molecule has 0 aliphatic carbocycles. The molecule has 0 saturated carbocycles. The summed E-state index contributed by atoms with van der Waals surface area (Å²) in [6.07, 6.45) is 0. The first-order chi connectivity index (χ1) is 15.8. The van der Waals surface area contributed by atoms with Gasteiger partial charge in [-0.1, -0.05) is 11.2 Å². The minimum absolute atomic E-state index is 0.0889. The Balaban J connectivity index is 1.42. The van der Waals surface area contributed by atoms with Crippen molar-refractivity contribution in [2.24, 2.45) is 0 Å². The smallest absolute Gasteiger partial charge is 0.322 e. The lowest BCUT2D eigenvalue weighted by atomic mass is 10.2. The van der Waals surface area contributed by atoms with Gasteiger partial charge >= 0.3 is 6.01 Å². The van der Waals surface area contributed by atoms with Crippen molar-refractivity contribution in [3.05, 3.63) is 84.2 Å². The predicted octanol–water partition coefficient (Wildman–Crippen LogP) is 3.94. The van der Waals surface area contributed by atoms with Crippen LogP contribution in [0.1, 0.15) is 10.4 Å². The monoisotopic (exact) mass is 468 g/mol. The first-order valence-corrected chi connectivity index (χ1v) is 11.0. The summed E-state index contributed by atoms with van der Waals surface area (Å²) in [5.41, 5.74) is 1.09. The summed E-state index contributed by atoms with van der Waals surface area (Å²) in [5.74, 6) is -0.244. The van der Waals surface area contributed by atoms with Crippen LogP contribution in [-0.2, 0) is 10.0 Å². The molecule has 0 fully saturated rings. The number of carbonyl (C=O) groups is 1. The molecule has 9 nitrogen and oxygen atoms in total. The van der Waals surface area contributed by atoms with Crippen molar-refractivity contribution in [2.75, 3.05) is 17.1 Å². The molecular weight excluding hydrogens is 451 g/mol. The van der Waals surface area contributed by atoms with Crippen molar-refractivity contribution in [3.63, 3.8) is 0 Å². The molecule has 0 unspecified atom stereocenters. The number of rotatable bonds is 7. The van der Waals surface area contributed by atoms with Gasteiger partial charge in [-0.15, -0.1) is 5.10 Å². The molecule has 0 aliphatic rings. The number of ether oxygens (including phenoxy) is 1. The third-order valence-corrected chi connectivity index (χ3v) is 5.88. The fourth-order valence-electron chi connectivity index (χ4n) is 2.83. The molecule has 168 valence electrons. The van der Waals surface area contributed by atoms with Gasteiger partial charge in [0.05, 0.1) is 12.0 Å². The van der Waals surface area contributed by atoms with Crippen LogP contribution in [0.5, 0.6) is 5.75 Å². The summed E-state index contributed by atoms with van der Waals surface area (Å²) >= 11 is 0. The first kappa shape index (κ1) is 22.0. The third kappa shape index (κ3) is 5.15. The highest BCUT2D eigenvalue weighted by Gasteiger charge is 2.16. The number of carbonyl (C=O) groups excluding carboxylic acids is 1. The number of anilines is 2. The van der Waals surface area contributed by atoms with Crippen molar-refractivity contribution >= 4 is 27.6 Å². The summed E-state index contributed by atoms with van der Waals surface area (Å²) in [5, 5.41) is 10.2. The number of hydrogen-bond donors (Lipinski definition) is 2. The highest BCUT2D eigenvalue weighted by Crippen LogP contribution is 2.24. The normalized spacial score (nSPS) is 11.1. The molecule has 4 rings (SSSR count). The molecule has 4 aromatic rings. The molecule has 1 heterocycles. The number of methoxy groups -OCH3 is 1. The number of nitrogens with one attached hydrogen (secondary N) is 2. The highest BCUT2D eigenvalue weighted by molar-refractivity contribution is 7.92. The van der Waals surface area contributed by atoms with E-state index >= 15 is 0 Å². The molecule has 2 N–H and O–H groups in total. The zero-order chi connectivity index (χ0) is 23.4. The summed E-state index contributed by atoms with van der Waals surface area (Å²) in [6.45, 7) is 0. The number of benzene rings is 3. The van der Waals surface area contributed by atoms with Gasteiger partial charge in [-0.05, 0) is 66.7 Å². The average molecular weight is 468 g/mol. The van der Waals surface area contributed by atoms with E-state index in [2.05, 4.69) is 20.2 Å². The number of aromatic nitrogens is 2. The number of nitrogens with zero attached hydrogens (tertiary/aromatic N) is 2. The van der Waals surface area contributed by atoms with Crippen molar-refractivity contribution < 1.29 is 26.8 Å². The zero-order valence-corrected chi connectivity index (χ0v) is 18.0. The summed E-state index contributed by atoms with van der Waals surface area (Å²) in [7, 11) is -2.36. The Hall–Kier alpha value is -4.25. The molecular formula is C22H17FN4O5S. The van der Waals surface area contributed by atoms with Gasteiger partial charge in [0.1, 0.15) is 11.6 Å². The van der Waals surface area contributed by atoms with E-state index in [1.807, 2.05) is 0 Å². The maximum atomic E-state index is 13.0. The standard InChI is InChI=1S/C22H17FN4O5S/c1-31-18-4-2-3-15(13-18)21-25-26-22(32-21)24-20(28)14-5-9-17(10-6-14)27-33(29,30)19-11-7-16(23)8-12-19/h2-13,27H,1H3,(H,24,26,28). The first-order valence-electron chi connectivity index (χ1n) is 9.52. The second-order valence-electron chi connectivity index (χ2n) is 6.74. The fraction of sp³-hybridized carbons (Fsp3) is 0.0455. The number of sulfonamides is 1. The van der Waals surface area contributed by atoms with E-state index in [0.717, 1.165) is 24.3 Å². The largest absolute Gasteiger partial charge is 0.497 e. The Kier molecular flexibility index (Phi) is 6.05. The van der Waals surface area contributed by atoms with E-state index in [4.69, 9.17) is 9.15 Å². The Morgan fingerprint density at radius 1 is 1.00 bits per heavy atom. The second-order valence-corrected chi connectivity index (χ2v) is 8.42. The van der Waals surface area contributed by atoms with Crippen LogP contribution in [0.15, 0.2) is 82.1 Å². The molecule has 0 atom stereocenters. The van der Waals surface area contributed by atoms with E-state index in [1.165, 1.54) is 31.4 Å². The molecule has 0 aliphatic heterocycles. The number of halogens is 1. The lowest BCUT2D eigenvalue weighted by Crippen LogP contribution is -2.14. The number of amides is 1. The summed E-state index contributed by atoms with van der Waals surface area (Å²) < 4.78 is 50.8. The molecule has 1 amide bonds. The van der Waals surface area contributed by atoms with Crippen LogP contribution >= 0.6 is 0 Å². The zero-order valence-electron chi connectivity index (χ0n) is 17.2. The van der Waals surface area contributed by atoms with Crippen molar-refractivity contribution in [1.82, 2.24) is 10.2 Å². The van der Waals surface area contributed by atoms with Gasteiger partial charge in [-0.2, -0.15) is 0 Å². The molecule has 11 heteroatoms. The third-order valence-electron chi connectivity index (χ3n) is 4.49. The maximum Gasteiger partial charge on any atom is 0.322 e. The molecule has 0 saturated heterocycles. The van der Waals surface area contributed by atoms with E-state index in [1.54, 1.807) is 24.3 Å². The van der Waals surface area contributed by atoms with Gasteiger partial charge in [0.15, 0.2) is 0 Å². The molecule has 1 aromatic heterocycles. The van der Waals surface area contributed by atoms with Gasteiger partial charge in [0.25, 0.3) is 15.9 Å². The van der Waals surface area contributed by atoms with Crippen molar-refractivity contribution in [2.45, 2.75) is 4.90 Å². The minimum atomic E-state index is -3.90. The van der Waals surface area contributed by atoms with E-state index in [0.29, 0.717) is 11.3 Å². The van der Waals surface area contributed by atoms with Crippen LogP contribution in [-0.4, -0.2) is 31.6 Å². The van der Waals surface area contributed by atoms with Gasteiger partial charge in [-0.25, -0.2) is 12.8 Å². The maximum absolute atomic E-state index is 13.0. The molecule has 33 heavy (non-hydrogen) atoms. The minimum Gasteiger partial charge on any atom is -0.497 e. The lowest BCUT2D eigenvalue weighted by molar-refractivity contribution is 0.102. The van der Waals surface area contributed by atoms with Crippen molar-refractivity contribution in [1.29, 1.82) is 0 Å². The van der Waals surface area contributed by atoms with Gasteiger partial charge in [0, 0.05) is 16.8 Å². The summed E-state index contributed by atoms with van der Waals surface area (Å²) in [6, 6.07) is 17.0. The van der Waals surface area contributed by atoms with Crippen LogP contribution in [0.3, 0.4) is 0 Å². The summed E-state index contributed by atoms with van der Waals surface area (Å²) in [4.78, 5) is 12.4. The lowest BCUT2D eigenvalue weighted by Gasteiger charge is -2.08. The van der Waals surface area contributed by atoms with Gasteiger partial charge in [0.2, 0.25) is 5.89 Å². The van der Waals surface area contributed by atoms with E-state index in [-0.39, 0.29) is 28.1 Å². The van der Waals surface area contributed by atoms with Gasteiger partial charge in [-0.3, -0.25) is 14.8 Å². The Labute approximate surface area is 188 Å². The molecule has 0 radical (unpaired) electrons. The van der Waals surface area contributed by atoms with Crippen LogP contribution in [0.25, 0.3) is 11.5 Å². The number of hydrogen-bond acceptors (Lipinski definition) is 7. The van der Waals surface area contributed by atoms with Crippen LogP contribution in [0, 0.1) is 5.82 Å². The highest BCUT2D eigenvalue weighted by atomic mass is 32.2. The Morgan fingerprint density at radius 3 is 2.42 bits per heavy atom. The molecule has 0 spiro atoms. The second kappa shape index (κ2) is 9.09. The van der Waals surface area contributed by atoms with E-state index in [9.17, 15) is 17.6 Å². The average Bonchev–Trinajstić information content (AvgIpc) is 3.28. The van der Waals surface area contributed by atoms with Gasteiger partial charge < -0.3 is 9.15 Å². The fourth-order valence-corrected chi connectivity index (χ4v) is 3.89. The van der Waals surface area contributed by atoms with Crippen molar-refractivity contribution in [3.8, 4) is 17.2 Å². The topological polar surface area (TPSA) is 123 Å². The molecule has 3 aromatic carbocycles.